The van der Waals surface area contributed by atoms with Crippen LogP contribution in [0.15, 0.2) is 24.4 Å². The second kappa shape index (κ2) is 3.97. The first-order chi connectivity index (χ1) is 3.89. The first kappa shape index (κ1) is 8.04. The Morgan fingerprint density at radius 3 is 2.89 bits per heavy atom. The molecule has 0 aromatic rings. The number of carbonyl (C=O) groups excluding carboxylic acids is 1. The molecule has 0 aromatic carbocycles. The van der Waals surface area contributed by atoms with E-state index in [1.807, 2.05) is 0 Å². The van der Waals surface area contributed by atoms with Crippen LogP contribution >= 0.6 is 12.4 Å². The SMILES string of the molecule is Cl.O=C1C=CC=CNN1. The number of carbonyl (C=O) groups is 1. The summed E-state index contributed by atoms with van der Waals surface area (Å²) in [4.78, 5) is 10.4. The van der Waals surface area contributed by atoms with Gasteiger partial charge >= 0.3 is 0 Å². The first-order valence-electron chi connectivity index (χ1n) is 2.28. The van der Waals surface area contributed by atoms with Gasteiger partial charge in [0, 0.05) is 12.3 Å². The Kier molecular flexibility index (Phi) is 3.55. The predicted octanol–water partition coefficient (Wildman–Crippen LogP) is 0.112. The maximum absolute atomic E-state index is 10.4. The van der Waals surface area contributed by atoms with Crippen LogP contribution < -0.4 is 10.9 Å². The van der Waals surface area contributed by atoms with E-state index in [-0.39, 0.29) is 18.3 Å². The monoisotopic (exact) mass is 146 g/mol. The van der Waals surface area contributed by atoms with Crippen LogP contribution in [-0.4, -0.2) is 5.91 Å². The highest BCUT2D eigenvalue weighted by atomic mass is 35.5. The standard InChI is InChI=1S/C5H6N2O.ClH/c8-5-3-1-2-4-6-7-5;/h1-4,6H,(H,7,8);1H. The minimum absolute atomic E-state index is 0. The molecule has 0 spiro atoms. The minimum atomic E-state index is -0.130. The molecule has 2 N–H and O–H groups in total. The van der Waals surface area contributed by atoms with Crippen molar-refractivity contribution in [2.24, 2.45) is 0 Å². The molecule has 0 aromatic heterocycles. The Morgan fingerprint density at radius 2 is 2.11 bits per heavy atom. The highest BCUT2D eigenvalue weighted by Gasteiger charge is 1.90. The Morgan fingerprint density at radius 1 is 1.33 bits per heavy atom. The molecule has 0 bridgehead atoms. The van der Waals surface area contributed by atoms with Gasteiger partial charge in [0.15, 0.2) is 0 Å². The minimum Gasteiger partial charge on any atom is -0.306 e. The number of rotatable bonds is 0. The Bertz CT molecular complexity index is 153. The molecule has 3 nitrogen and oxygen atoms in total. The summed E-state index contributed by atoms with van der Waals surface area (Å²) < 4.78 is 0. The van der Waals surface area contributed by atoms with Crippen LogP contribution in [0.1, 0.15) is 0 Å². The molecule has 1 heterocycles. The lowest BCUT2D eigenvalue weighted by Gasteiger charge is -1.94. The summed E-state index contributed by atoms with van der Waals surface area (Å²) >= 11 is 0. The van der Waals surface area contributed by atoms with Gasteiger partial charge in [-0.15, -0.1) is 12.4 Å². The number of halogens is 1. The van der Waals surface area contributed by atoms with Crippen LogP contribution in [0.5, 0.6) is 0 Å². The van der Waals surface area contributed by atoms with Crippen LogP contribution in [0.3, 0.4) is 0 Å². The summed E-state index contributed by atoms with van der Waals surface area (Å²) in [5.41, 5.74) is 4.94. The summed E-state index contributed by atoms with van der Waals surface area (Å²) in [6.45, 7) is 0. The van der Waals surface area contributed by atoms with Crippen molar-refractivity contribution in [3.8, 4) is 0 Å². The van der Waals surface area contributed by atoms with E-state index in [4.69, 9.17) is 0 Å². The molecule has 9 heavy (non-hydrogen) atoms. The van der Waals surface area contributed by atoms with E-state index in [1.54, 1.807) is 18.4 Å². The molecule has 0 fully saturated rings. The van der Waals surface area contributed by atoms with Crippen molar-refractivity contribution in [3.63, 3.8) is 0 Å². The summed E-state index contributed by atoms with van der Waals surface area (Å²) in [6, 6.07) is 0. The second-order valence-corrected chi connectivity index (χ2v) is 1.35. The van der Waals surface area contributed by atoms with Gasteiger partial charge in [-0.05, 0) is 6.08 Å². The van der Waals surface area contributed by atoms with Crippen molar-refractivity contribution in [1.82, 2.24) is 10.9 Å². The smallest absolute Gasteiger partial charge is 0.262 e. The van der Waals surface area contributed by atoms with Crippen LogP contribution in [0.25, 0.3) is 0 Å². The van der Waals surface area contributed by atoms with E-state index in [0.717, 1.165) is 0 Å². The molecule has 1 amide bonds. The molecule has 0 saturated carbocycles. The van der Waals surface area contributed by atoms with E-state index in [0.29, 0.717) is 0 Å². The van der Waals surface area contributed by atoms with Gasteiger partial charge in [-0.1, -0.05) is 6.08 Å². The molecule has 1 rings (SSSR count). The molecule has 1 aliphatic heterocycles. The lowest BCUT2D eigenvalue weighted by atomic mass is 10.5. The van der Waals surface area contributed by atoms with Crippen LogP contribution in [0.2, 0.25) is 0 Å². The number of hydrazine groups is 1. The van der Waals surface area contributed by atoms with Crippen LogP contribution in [-0.2, 0) is 4.79 Å². The zero-order valence-corrected chi connectivity index (χ0v) is 5.44. The van der Waals surface area contributed by atoms with Gasteiger partial charge in [-0.25, -0.2) is 0 Å². The number of hydrogen-bond donors (Lipinski definition) is 2. The van der Waals surface area contributed by atoms with Crippen LogP contribution in [0.4, 0.5) is 0 Å². The first-order valence-corrected chi connectivity index (χ1v) is 2.28. The fourth-order valence-electron chi connectivity index (χ4n) is 0.401. The molecule has 4 heteroatoms. The van der Waals surface area contributed by atoms with Gasteiger partial charge in [0.2, 0.25) is 0 Å². The van der Waals surface area contributed by atoms with Crippen LogP contribution in [0, 0.1) is 0 Å². The number of allylic oxidation sites excluding steroid dienone is 2. The van der Waals surface area contributed by atoms with Gasteiger partial charge in [0.25, 0.3) is 5.91 Å². The maximum atomic E-state index is 10.4. The lowest BCUT2D eigenvalue weighted by Crippen LogP contribution is -2.30. The quantitative estimate of drug-likeness (QED) is 0.510. The third kappa shape index (κ3) is 2.77. The molecule has 0 radical (unpaired) electrons. The summed E-state index contributed by atoms with van der Waals surface area (Å²) in [5.74, 6) is -0.130. The average molecular weight is 147 g/mol. The van der Waals surface area contributed by atoms with Gasteiger partial charge in [-0.2, -0.15) is 0 Å². The molecular weight excluding hydrogens is 140 g/mol. The van der Waals surface area contributed by atoms with Crippen molar-refractivity contribution >= 4 is 18.3 Å². The maximum Gasteiger partial charge on any atom is 0.262 e. The fourth-order valence-corrected chi connectivity index (χ4v) is 0.401. The van der Waals surface area contributed by atoms with Gasteiger partial charge in [-0.3, -0.25) is 10.2 Å². The molecule has 0 unspecified atom stereocenters. The molecular formula is C5H7ClN2O. The number of hydrogen-bond acceptors (Lipinski definition) is 2. The highest BCUT2D eigenvalue weighted by Crippen LogP contribution is 1.77. The number of nitrogens with one attached hydrogen (secondary N) is 2. The Labute approximate surface area is 59.2 Å². The molecule has 50 valence electrons. The van der Waals surface area contributed by atoms with E-state index in [2.05, 4.69) is 10.9 Å². The average Bonchev–Trinajstić information content (AvgIpc) is 1.94. The summed E-state index contributed by atoms with van der Waals surface area (Å²) in [5, 5.41) is 0. The second-order valence-electron chi connectivity index (χ2n) is 1.35. The van der Waals surface area contributed by atoms with E-state index < -0.39 is 0 Å². The van der Waals surface area contributed by atoms with E-state index in [9.17, 15) is 4.79 Å². The largest absolute Gasteiger partial charge is 0.306 e. The zero-order chi connectivity index (χ0) is 5.82. The summed E-state index contributed by atoms with van der Waals surface area (Å²) in [7, 11) is 0. The molecule has 1 aliphatic rings. The Balaban J connectivity index is 0.000000640. The highest BCUT2D eigenvalue weighted by molar-refractivity contribution is 5.87. The normalized spacial score (nSPS) is 14.9. The zero-order valence-electron chi connectivity index (χ0n) is 4.63. The topological polar surface area (TPSA) is 41.1 Å². The third-order valence-electron chi connectivity index (χ3n) is 0.734. The van der Waals surface area contributed by atoms with Gasteiger partial charge in [0.1, 0.15) is 0 Å². The number of amides is 1. The Hall–Kier alpha value is -0.960. The lowest BCUT2D eigenvalue weighted by molar-refractivity contribution is -0.117. The van der Waals surface area contributed by atoms with E-state index in [1.165, 1.54) is 6.08 Å². The van der Waals surface area contributed by atoms with Crippen molar-refractivity contribution in [1.29, 1.82) is 0 Å². The summed E-state index contributed by atoms with van der Waals surface area (Å²) in [6.07, 6.45) is 6.48. The van der Waals surface area contributed by atoms with Crippen molar-refractivity contribution in [2.45, 2.75) is 0 Å². The molecule has 0 saturated heterocycles. The van der Waals surface area contributed by atoms with Crippen molar-refractivity contribution in [3.05, 3.63) is 24.4 Å². The van der Waals surface area contributed by atoms with Gasteiger partial charge in [0.05, 0.1) is 0 Å². The third-order valence-corrected chi connectivity index (χ3v) is 0.734. The molecule has 0 atom stereocenters. The van der Waals surface area contributed by atoms with Gasteiger partial charge < -0.3 is 5.43 Å². The van der Waals surface area contributed by atoms with Crippen molar-refractivity contribution in [2.75, 3.05) is 0 Å². The van der Waals surface area contributed by atoms with Crippen molar-refractivity contribution < 1.29 is 4.79 Å². The molecule has 0 aliphatic carbocycles. The predicted molar refractivity (Wildman–Crippen MR) is 36.8 cm³/mol. The van der Waals surface area contributed by atoms with E-state index >= 15 is 0 Å². The fraction of sp³-hybridized carbons (Fsp3) is 0.